The quantitative estimate of drug-likeness (QED) is 0.425. The molecule has 1 aromatic carbocycles. The Labute approximate surface area is 164 Å². The Morgan fingerprint density at radius 2 is 1.96 bits per heavy atom. The predicted octanol–water partition coefficient (Wildman–Crippen LogP) is 4.55. The first kappa shape index (κ1) is 21.7. The number of allylic oxidation sites excluding steroid dienone is 3. The molecule has 1 fully saturated rings. The summed E-state index contributed by atoms with van der Waals surface area (Å²) in [5, 5.41) is 29.2. The lowest BCUT2D eigenvalue weighted by Gasteiger charge is -2.22. The molecule has 1 aromatic rings. The molecule has 0 spiro atoms. The summed E-state index contributed by atoms with van der Waals surface area (Å²) in [4.78, 5) is 10.5. The van der Waals surface area contributed by atoms with Crippen LogP contribution in [0.3, 0.4) is 0 Å². The number of aliphatic hydroxyl groups is 2. The molecule has 4 atom stereocenters. The molecule has 2 rings (SSSR count). The van der Waals surface area contributed by atoms with E-state index in [-0.39, 0.29) is 25.0 Å². The molecule has 0 radical (unpaired) electrons. The molecule has 1 aliphatic rings. The molecule has 0 aliphatic heterocycles. The number of benzene rings is 1. The van der Waals surface area contributed by atoms with E-state index < -0.39 is 30.1 Å². The van der Waals surface area contributed by atoms with Crippen LogP contribution < -0.4 is 4.74 Å². The van der Waals surface area contributed by atoms with Gasteiger partial charge in [-0.1, -0.05) is 18.2 Å². The number of rotatable bonds is 9. The van der Waals surface area contributed by atoms with E-state index >= 15 is 0 Å². The molecule has 0 bridgehead atoms. The van der Waals surface area contributed by atoms with Crippen LogP contribution in [-0.2, 0) is 4.79 Å². The van der Waals surface area contributed by atoms with Gasteiger partial charge < -0.3 is 20.1 Å². The van der Waals surface area contributed by atoms with Gasteiger partial charge in [0.25, 0.3) is 0 Å². The molecule has 0 aromatic heterocycles. The molecule has 3 N–H and O–H groups in total. The largest absolute Gasteiger partial charge is 0.509 e. The molecule has 28 heavy (non-hydrogen) atoms. The molecule has 6 heteroatoms. The van der Waals surface area contributed by atoms with Gasteiger partial charge in [0.15, 0.2) is 0 Å². The molecule has 1 aliphatic carbocycles. The van der Waals surface area contributed by atoms with Crippen LogP contribution in [0.15, 0.2) is 59.7 Å². The van der Waals surface area contributed by atoms with E-state index in [2.05, 4.69) is 5.73 Å². The summed E-state index contributed by atoms with van der Waals surface area (Å²) in [5.74, 6) is -0.843. The number of aliphatic carboxylic acids is 1. The van der Waals surface area contributed by atoms with Gasteiger partial charge in [0, 0.05) is 19.3 Å². The van der Waals surface area contributed by atoms with Gasteiger partial charge >= 0.3 is 5.97 Å². The van der Waals surface area contributed by atoms with Crippen molar-refractivity contribution in [2.45, 2.75) is 51.3 Å². The van der Waals surface area contributed by atoms with Crippen LogP contribution >= 0.6 is 0 Å². The Hall–Kier alpha value is -2.56. The van der Waals surface area contributed by atoms with Crippen molar-refractivity contribution in [3.8, 4) is 5.75 Å². The highest BCUT2D eigenvalue weighted by Crippen LogP contribution is 2.40. The number of hydrogen-bond acceptors (Lipinski definition) is 4. The number of alkyl halides is 1. The summed E-state index contributed by atoms with van der Waals surface area (Å²) in [6.07, 6.45) is 2.18. The van der Waals surface area contributed by atoms with E-state index in [9.17, 15) is 19.4 Å². The van der Waals surface area contributed by atoms with Crippen molar-refractivity contribution in [1.29, 1.82) is 0 Å². The first-order chi connectivity index (χ1) is 13.4. The van der Waals surface area contributed by atoms with Gasteiger partial charge in [-0.05, 0) is 55.9 Å². The maximum atomic E-state index is 14.3. The number of carboxylic acid groups (broad SMARTS) is 1. The Balaban J connectivity index is 1.99. The topological polar surface area (TPSA) is 87.0 Å². The molecular formula is C22H27FO5. The SMILES string of the molecule is C/C(Oc1ccccc1)=C(\O)C[C@@H]1[C@@H](CC=C=CCCC(=O)O)[C@H](F)C[C@H]1O. The third kappa shape index (κ3) is 6.55. The second-order valence-corrected chi connectivity index (χ2v) is 7.01. The van der Waals surface area contributed by atoms with Crippen LogP contribution in [0.5, 0.6) is 5.75 Å². The summed E-state index contributed by atoms with van der Waals surface area (Å²) in [6.45, 7) is 1.64. The molecule has 0 amide bonds. The van der Waals surface area contributed by atoms with E-state index in [0.717, 1.165) is 0 Å². The van der Waals surface area contributed by atoms with Crippen LogP contribution in [0.4, 0.5) is 4.39 Å². The van der Waals surface area contributed by atoms with E-state index in [4.69, 9.17) is 9.84 Å². The van der Waals surface area contributed by atoms with Gasteiger partial charge in [0.2, 0.25) is 0 Å². The number of aliphatic hydroxyl groups excluding tert-OH is 2. The Morgan fingerprint density at radius 3 is 2.64 bits per heavy atom. The van der Waals surface area contributed by atoms with E-state index in [1.807, 2.05) is 18.2 Å². The first-order valence-electron chi connectivity index (χ1n) is 9.43. The maximum absolute atomic E-state index is 14.3. The lowest BCUT2D eigenvalue weighted by atomic mass is 9.87. The van der Waals surface area contributed by atoms with Crippen molar-refractivity contribution < 1.29 is 29.2 Å². The Bertz CT molecular complexity index is 737. The smallest absolute Gasteiger partial charge is 0.303 e. The van der Waals surface area contributed by atoms with Crippen LogP contribution in [-0.4, -0.2) is 33.6 Å². The zero-order valence-corrected chi connectivity index (χ0v) is 15.9. The molecule has 152 valence electrons. The minimum Gasteiger partial charge on any atom is -0.509 e. The third-order valence-electron chi connectivity index (χ3n) is 4.95. The van der Waals surface area contributed by atoms with Crippen molar-refractivity contribution in [2.24, 2.45) is 11.8 Å². The first-order valence-corrected chi connectivity index (χ1v) is 9.43. The van der Waals surface area contributed by atoms with E-state index in [0.29, 0.717) is 24.4 Å². The standard InChI is InChI=1S/C22H27FO5/c1-15(28-16-9-5-4-6-10-16)20(24)13-18-17(19(23)14-21(18)25)11-7-2-3-8-12-22(26)27/h3-7,9-10,17-19,21,24-25H,8,11-14H2,1H3,(H,26,27)/b20-15+/t2?,17-,18-,19-,21-/m1/s1. The number of ether oxygens (including phenoxy) is 1. The van der Waals surface area contributed by atoms with Crippen LogP contribution in [0.25, 0.3) is 0 Å². The average molecular weight is 390 g/mol. The predicted molar refractivity (Wildman–Crippen MR) is 104 cm³/mol. The molecule has 1 saturated carbocycles. The summed E-state index contributed by atoms with van der Waals surface area (Å²) in [6, 6.07) is 9.03. The summed E-state index contributed by atoms with van der Waals surface area (Å²) in [7, 11) is 0. The van der Waals surface area contributed by atoms with Crippen molar-refractivity contribution in [3.63, 3.8) is 0 Å². The van der Waals surface area contributed by atoms with Gasteiger partial charge in [-0.3, -0.25) is 4.79 Å². The summed E-state index contributed by atoms with van der Waals surface area (Å²) in [5.41, 5.74) is 2.87. The van der Waals surface area contributed by atoms with Gasteiger partial charge in [-0.25, -0.2) is 4.39 Å². The van der Waals surface area contributed by atoms with Crippen LogP contribution in [0, 0.1) is 11.8 Å². The molecule has 5 nitrogen and oxygen atoms in total. The number of para-hydroxylation sites is 1. The van der Waals surface area contributed by atoms with Gasteiger partial charge in [-0.2, -0.15) is 0 Å². The number of hydrogen-bond donors (Lipinski definition) is 3. The maximum Gasteiger partial charge on any atom is 0.303 e. The second-order valence-electron chi connectivity index (χ2n) is 7.01. The van der Waals surface area contributed by atoms with E-state index in [1.165, 1.54) is 0 Å². The van der Waals surface area contributed by atoms with Gasteiger partial charge in [-0.15, -0.1) is 5.73 Å². The fourth-order valence-electron chi connectivity index (χ4n) is 3.40. The number of carboxylic acids is 1. The fraction of sp³-hybridized carbons (Fsp3) is 0.455. The second kappa shape index (κ2) is 10.7. The molecule has 0 unspecified atom stereocenters. The van der Waals surface area contributed by atoms with Gasteiger partial charge in [0.1, 0.15) is 23.4 Å². The lowest BCUT2D eigenvalue weighted by molar-refractivity contribution is -0.136. The summed E-state index contributed by atoms with van der Waals surface area (Å²) >= 11 is 0. The highest BCUT2D eigenvalue weighted by Gasteiger charge is 2.42. The minimum atomic E-state index is -1.17. The zero-order chi connectivity index (χ0) is 20.5. The lowest BCUT2D eigenvalue weighted by Crippen LogP contribution is -2.21. The van der Waals surface area contributed by atoms with Crippen molar-refractivity contribution in [3.05, 3.63) is 59.7 Å². The van der Waals surface area contributed by atoms with Crippen molar-refractivity contribution in [1.82, 2.24) is 0 Å². The molecule has 0 heterocycles. The molecular weight excluding hydrogens is 363 g/mol. The monoisotopic (exact) mass is 390 g/mol. The highest BCUT2D eigenvalue weighted by atomic mass is 19.1. The minimum absolute atomic E-state index is 0.00650. The Morgan fingerprint density at radius 1 is 1.25 bits per heavy atom. The highest BCUT2D eigenvalue weighted by molar-refractivity contribution is 5.66. The normalized spacial score (nSPS) is 24.8. The van der Waals surface area contributed by atoms with Crippen LogP contribution in [0.2, 0.25) is 0 Å². The van der Waals surface area contributed by atoms with E-state index in [1.54, 1.807) is 31.2 Å². The fourth-order valence-corrected chi connectivity index (χ4v) is 3.40. The average Bonchev–Trinajstić information content (AvgIpc) is 2.91. The van der Waals surface area contributed by atoms with Crippen molar-refractivity contribution in [2.75, 3.05) is 0 Å². The molecule has 0 saturated heterocycles. The Kier molecular flexibility index (Phi) is 8.30. The summed E-state index contributed by atoms with van der Waals surface area (Å²) < 4.78 is 20.0. The van der Waals surface area contributed by atoms with Crippen molar-refractivity contribution >= 4 is 5.97 Å². The van der Waals surface area contributed by atoms with Crippen LogP contribution in [0.1, 0.15) is 39.0 Å². The number of halogens is 1. The van der Waals surface area contributed by atoms with Gasteiger partial charge in [0.05, 0.1) is 6.10 Å². The third-order valence-corrected chi connectivity index (χ3v) is 4.95. The zero-order valence-electron chi connectivity index (χ0n) is 15.9. The number of carbonyl (C=O) groups is 1.